The summed E-state index contributed by atoms with van der Waals surface area (Å²) in [5.74, 6) is 0.885. The van der Waals surface area contributed by atoms with Gasteiger partial charge in [0.15, 0.2) is 17.3 Å². The monoisotopic (exact) mass is 491 g/mol. The molecule has 0 saturated carbocycles. The van der Waals surface area contributed by atoms with E-state index in [1.807, 2.05) is 0 Å². The van der Waals surface area contributed by atoms with E-state index in [0.717, 1.165) is 12.8 Å². The molecule has 34 heavy (non-hydrogen) atoms. The highest BCUT2D eigenvalue weighted by molar-refractivity contribution is 6.31. The molecule has 3 aromatic rings. The van der Waals surface area contributed by atoms with Crippen LogP contribution in [0, 0.1) is 5.82 Å². The number of unbranched alkanes of at least 4 members (excludes halogenated alkanes) is 2. The highest BCUT2D eigenvalue weighted by Crippen LogP contribution is 2.35. The minimum atomic E-state index is -0.504. The third-order valence-corrected chi connectivity index (χ3v) is 5.25. The summed E-state index contributed by atoms with van der Waals surface area (Å²) in [6.07, 6.45) is 4.03. The van der Waals surface area contributed by atoms with E-state index in [9.17, 15) is 9.18 Å². The molecule has 0 atom stereocenters. The number of rotatable bonds is 14. The molecule has 0 saturated heterocycles. The Balaban J connectivity index is 1.77. The van der Waals surface area contributed by atoms with E-state index in [4.69, 9.17) is 30.9 Å². The standard InChI is InChI=1S/C24H27ClFN3O5/c1-32-9-10-34-22-12-18-21(13-23(22)33-8-4-2-3-5-17(31)14-30)27-15-28-24(18)29-16-6-7-20(26)19(25)11-16/h6-7,11-13,15,30H,2-5,8-10,14H2,1H3,(H,27,28,29). The van der Waals surface area contributed by atoms with Crippen molar-refractivity contribution >= 4 is 39.8 Å². The molecule has 0 amide bonds. The van der Waals surface area contributed by atoms with E-state index < -0.39 is 12.4 Å². The van der Waals surface area contributed by atoms with E-state index >= 15 is 0 Å². The number of methoxy groups -OCH3 is 1. The molecule has 8 nitrogen and oxygen atoms in total. The Morgan fingerprint density at radius 2 is 1.85 bits per heavy atom. The quantitative estimate of drug-likeness (QED) is 0.313. The van der Waals surface area contributed by atoms with Crippen molar-refractivity contribution in [3.63, 3.8) is 0 Å². The molecule has 2 aromatic carbocycles. The zero-order valence-corrected chi connectivity index (χ0v) is 19.6. The maximum atomic E-state index is 13.5. The fraction of sp³-hybridized carbons (Fsp3) is 0.375. The van der Waals surface area contributed by atoms with E-state index in [1.165, 1.54) is 18.5 Å². The van der Waals surface area contributed by atoms with Crippen LogP contribution < -0.4 is 14.8 Å². The average molecular weight is 492 g/mol. The number of nitrogens with zero attached hydrogens (tertiary/aromatic N) is 2. The molecule has 0 unspecified atom stereocenters. The van der Waals surface area contributed by atoms with Crippen LogP contribution in [-0.4, -0.2) is 54.4 Å². The summed E-state index contributed by atoms with van der Waals surface area (Å²) < 4.78 is 30.4. The molecule has 0 aliphatic carbocycles. The first kappa shape index (κ1) is 25.6. The third-order valence-electron chi connectivity index (χ3n) is 4.96. The number of fused-ring (bicyclic) bond motifs is 1. The summed E-state index contributed by atoms with van der Waals surface area (Å²) in [6, 6.07) is 7.88. The molecular formula is C24H27ClFN3O5. The van der Waals surface area contributed by atoms with Crippen molar-refractivity contribution in [3.05, 3.63) is 47.5 Å². The van der Waals surface area contributed by atoms with Crippen LogP contribution >= 0.6 is 11.6 Å². The van der Waals surface area contributed by atoms with Gasteiger partial charge in [0.2, 0.25) is 0 Å². The summed E-state index contributed by atoms with van der Waals surface area (Å²) in [4.78, 5) is 19.8. The van der Waals surface area contributed by atoms with Crippen LogP contribution in [0.4, 0.5) is 15.9 Å². The van der Waals surface area contributed by atoms with Gasteiger partial charge in [0.1, 0.15) is 31.2 Å². The smallest absolute Gasteiger partial charge is 0.163 e. The number of carbonyl (C=O) groups excluding carboxylic acids is 1. The first-order valence-corrected chi connectivity index (χ1v) is 11.3. The Morgan fingerprint density at radius 1 is 1.06 bits per heavy atom. The van der Waals surface area contributed by atoms with Gasteiger partial charge in [-0.1, -0.05) is 11.6 Å². The first-order valence-electron chi connectivity index (χ1n) is 10.9. The number of hydrogen-bond acceptors (Lipinski definition) is 8. The van der Waals surface area contributed by atoms with Crippen LogP contribution in [0.2, 0.25) is 5.02 Å². The number of benzene rings is 2. The lowest BCUT2D eigenvalue weighted by Crippen LogP contribution is -2.07. The maximum absolute atomic E-state index is 13.5. The number of aliphatic hydroxyl groups excluding tert-OH is 1. The van der Waals surface area contributed by atoms with Crippen molar-refractivity contribution in [1.29, 1.82) is 0 Å². The van der Waals surface area contributed by atoms with Gasteiger partial charge in [0.25, 0.3) is 0 Å². The summed E-state index contributed by atoms with van der Waals surface area (Å²) >= 11 is 5.89. The second-order valence-corrected chi connectivity index (χ2v) is 7.90. The van der Waals surface area contributed by atoms with Crippen LogP contribution in [0.1, 0.15) is 25.7 Å². The predicted molar refractivity (Wildman–Crippen MR) is 128 cm³/mol. The van der Waals surface area contributed by atoms with Crippen molar-refractivity contribution in [3.8, 4) is 11.5 Å². The van der Waals surface area contributed by atoms with Gasteiger partial charge in [-0.25, -0.2) is 14.4 Å². The Hall–Kier alpha value is -3.01. The minimum absolute atomic E-state index is 0.00311. The normalized spacial score (nSPS) is 10.9. The number of nitrogens with one attached hydrogen (secondary N) is 1. The van der Waals surface area contributed by atoms with Crippen LogP contribution in [0.5, 0.6) is 11.5 Å². The van der Waals surface area contributed by atoms with E-state index in [-0.39, 0.29) is 10.8 Å². The number of ether oxygens (including phenoxy) is 3. The molecule has 3 rings (SSSR count). The number of hydrogen-bond donors (Lipinski definition) is 2. The Labute approximate surface area is 202 Å². The molecule has 1 heterocycles. The van der Waals surface area contributed by atoms with Gasteiger partial charge in [-0.15, -0.1) is 0 Å². The van der Waals surface area contributed by atoms with E-state index in [0.29, 0.717) is 66.6 Å². The summed E-state index contributed by atoms with van der Waals surface area (Å²) in [5.41, 5.74) is 1.21. The molecule has 0 bridgehead atoms. The number of aromatic nitrogens is 2. The van der Waals surface area contributed by atoms with Gasteiger partial charge in [-0.3, -0.25) is 4.79 Å². The minimum Gasteiger partial charge on any atom is -0.490 e. The predicted octanol–water partition coefficient (Wildman–Crippen LogP) is 4.69. The number of halogens is 2. The molecule has 10 heteroatoms. The van der Waals surface area contributed by atoms with Crippen molar-refractivity contribution in [2.24, 2.45) is 0 Å². The van der Waals surface area contributed by atoms with Gasteiger partial charge in [-0.05, 0) is 43.5 Å². The zero-order valence-electron chi connectivity index (χ0n) is 18.9. The lowest BCUT2D eigenvalue weighted by molar-refractivity contribution is -0.121. The van der Waals surface area contributed by atoms with E-state index in [1.54, 1.807) is 25.3 Å². The zero-order chi connectivity index (χ0) is 24.3. The van der Waals surface area contributed by atoms with Crippen molar-refractivity contribution in [2.75, 3.05) is 38.9 Å². The van der Waals surface area contributed by atoms with Gasteiger partial charge in [-0.2, -0.15) is 0 Å². The van der Waals surface area contributed by atoms with Gasteiger partial charge >= 0.3 is 0 Å². The fourth-order valence-corrected chi connectivity index (χ4v) is 3.38. The second kappa shape index (κ2) is 13.0. The fourth-order valence-electron chi connectivity index (χ4n) is 3.20. The molecule has 0 radical (unpaired) electrons. The lowest BCUT2D eigenvalue weighted by atomic mass is 10.1. The summed E-state index contributed by atoms with van der Waals surface area (Å²) in [7, 11) is 1.59. The maximum Gasteiger partial charge on any atom is 0.163 e. The average Bonchev–Trinajstić information content (AvgIpc) is 2.84. The summed E-state index contributed by atoms with van der Waals surface area (Å²) in [6.45, 7) is 0.749. The Morgan fingerprint density at radius 3 is 2.62 bits per heavy atom. The molecule has 0 aliphatic heterocycles. The topological polar surface area (TPSA) is 103 Å². The Bertz CT molecular complexity index is 1120. The largest absolute Gasteiger partial charge is 0.490 e. The summed E-state index contributed by atoms with van der Waals surface area (Å²) in [5, 5.41) is 12.6. The Kier molecular flexibility index (Phi) is 9.81. The van der Waals surface area contributed by atoms with Crippen LogP contribution in [-0.2, 0) is 9.53 Å². The lowest BCUT2D eigenvalue weighted by Gasteiger charge is -2.15. The highest BCUT2D eigenvalue weighted by Gasteiger charge is 2.13. The van der Waals surface area contributed by atoms with Crippen molar-refractivity contribution in [1.82, 2.24) is 9.97 Å². The molecule has 2 N–H and O–H groups in total. The molecule has 1 aromatic heterocycles. The van der Waals surface area contributed by atoms with E-state index in [2.05, 4.69) is 15.3 Å². The van der Waals surface area contributed by atoms with Gasteiger partial charge in [0.05, 0.1) is 23.8 Å². The molecule has 0 aliphatic rings. The number of Topliss-reactive ketones (excluding diaryl/α,β-unsaturated/α-hetero) is 1. The van der Waals surface area contributed by atoms with Gasteiger partial charge in [0, 0.05) is 30.7 Å². The first-order chi connectivity index (χ1) is 16.5. The number of aliphatic hydroxyl groups is 1. The van der Waals surface area contributed by atoms with Crippen molar-refractivity contribution < 1.29 is 28.5 Å². The third kappa shape index (κ3) is 7.24. The molecule has 182 valence electrons. The number of anilines is 2. The SMILES string of the molecule is COCCOc1cc2c(Nc3ccc(F)c(Cl)c3)ncnc2cc1OCCCCCC(=O)CO. The van der Waals surface area contributed by atoms with Crippen molar-refractivity contribution in [2.45, 2.75) is 25.7 Å². The van der Waals surface area contributed by atoms with Crippen LogP contribution in [0.3, 0.4) is 0 Å². The number of ketones is 1. The number of carbonyl (C=O) groups is 1. The highest BCUT2D eigenvalue weighted by atomic mass is 35.5. The molecular weight excluding hydrogens is 465 g/mol. The molecule has 0 fully saturated rings. The van der Waals surface area contributed by atoms with Gasteiger partial charge < -0.3 is 24.6 Å². The van der Waals surface area contributed by atoms with Crippen LogP contribution in [0.15, 0.2) is 36.7 Å². The van der Waals surface area contributed by atoms with Crippen LogP contribution in [0.25, 0.3) is 10.9 Å². The second-order valence-electron chi connectivity index (χ2n) is 7.49. The molecule has 0 spiro atoms.